The van der Waals surface area contributed by atoms with Crippen molar-refractivity contribution >= 4 is 28.8 Å². The number of ether oxygens (including phenoxy) is 1. The van der Waals surface area contributed by atoms with Crippen LogP contribution < -0.4 is 15.8 Å². The van der Waals surface area contributed by atoms with Crippen LogP contribution in [0, 0.1) is 0 Å². The third kappa shape index (κ3) is 2.67. The molecule has 20 heavy (non-hydrogen) atoms. The number of rotatable bonds is 4. The van der Waals surface area contributed by atoms with Gasteiger partial charge in [0.05, 0.1) is 23.5 Å². The molecule has 0 fully saturated rings. The average Bonchev–Trinajstić information content (AvgIpc) is 2.67. The van der Waals surface area contributed by atoms with E-state index < -0.39 is 0 Å². The van der Waals surface area contributed by atoms with Crippen molar-refractivity contribution < 1.29 is 4.74 Å². The summed E-state index contributed by atoms with van der Waals surface area (Å²) in [6.07, 6.45) is 0. The lowest BCUT2D eigenvalue weighted by Gasteiger charge is -2.10. The van der Waals surface area contributed by atoms with Crippen LogP contribution in [0.3, 0.4) is 0 Å². The normalized spacial score (nSPS) is 10.9. The molecule has 108 valence electrons. The predicted molar refractivity (Wildman–Crippen MR) is 83.0 cm³/mol. The number of hydrogen-bond donors (Lipinski definition) is 2. The smallest absolute Gasteiger partial charge is 0.152 e. The maximum atomic E-state index is 6.14. The Morgan fingerprint density at radius 2 is 2.10 bits per heavy atom. The van der Waals surface area contributed by atoms with Crippen molar-refractivity contribution in [3.8, 4) is 5.75 Å². The monoisotopic (exact) mass is 294 g/mol. The van der Waals surface area contributed by atoms with E-state index in [2.05, 4.69) is 24.3 Å². The van der Waals surface area contributed by atoms with E-state index in [0.717, 1.165) is 17.2 Å². The molecule has 0 aliphatic heterocycles. The van der Waals surface area contributed by atoms with E-state index in [0.29, 0.717) is 16.5 Å². The fourth-order valence-electron chi connectivity index (χ4n) is 2.02. The van der Waals surface area contributed by atoms with Gasteiger partial charge in [-0.25, -0.2) is 0 Å². The molecule has 0 saturated carbocycles. The first-order chi connectivity index (χ1) is 9.43. The summed E-state index contributed by atoms with van der Waals surface area (Å²) in [5.41, 5.74) is 8.52. The summed E-state index contributed by atoms with van der Waals surface area (Å²) in [6, 6.07) is 5.48. The molecule has 0 aliphatic carbocycles. The molecule has 0 bridgehead atoms. The van der Waals surface area contributed by atoms with Gasteiger partial charge in [0.25, 0.3) is 0 Å². The number of benzene rings is 1. The molecule has 2 rings (SSSR count). The van der Waals surface area contributed by atoms with Crippen molar-refractivity contribution in [2.45, 2.75) is 19.8 Å². The number of nitrogens with one attached hydrogen (secondary N) is 1. The highest BCUT2D eigenvalue weighted by Gasteiger charge is 2.16. The molecule has 1 heterocycles. The van der Waals surface area contributed by atoms with Crippen LogP contribution in [0.15, 0.2) is 18.2 Å². The maximum absolute atomic E-state index is 6.14. The minimum Gasteiger partial charge on any atom is -0.495 e. The second-order valence-electron chi connectivity index (χ2n) is 4.90. The summed E-state index contributed by atoms with van der Waals surface area (Å²) >= 11 is 6.11. The number of nitrogens with two attached hydrogens (primary N) is 1. The van der Waals surface area contributed by atoms with Crippen LogP contribution in [0.25, 0.3) is 0 Å². The molecule has 2 aromatic rings. The van der Waals surface area contributed by atoms with Gasteiger partial charge in [-0.3, -0.25) is 4.68 Å². The van der Waals surface area contributed by atoms with Crippen LogP contribution in [-0.4, -0.2) is 16.9 Å². The van der Waals surface area contributed by atoms with Crippen molar-refractivity contribution in [3.05, 3.63) is 28.9 Å². The van der Waals surface area contributed by atoms with Crippen LogP contribution >= 0.6 is 11.6 Å². The second kappa shape index (κ2) is 5.63. The number of nitrogen functional groups attached to an aromatic ring is 1. The van der Waals surface area contributed by atoms with E-state index in [9.17, 15) is 0 Å². The molecule has 5 nitrogen and oxygen atoms in total. The van der Waals surface area contributed by atoms with Crippen molar-refractivity contribution in [2.24, 2.45) is 7.05 Å². The number of anilines is 3. The Labute approximate surface area is 123 Å². The number of nitrogens with zero attached hydrogens (tertiary/aromatic N) is 2. The molecule has 0 unspecified atom stereocenters. The minimum absolute atomic E-state index is 0.274. The summed E-state index contributed by atoms with van der Waals surface area (Å²) in [5, 5.41) is 8.22. The quantitative estimate of drug-likeness (QED) is 0.905. The van der Waals surface area contributed by atoms with E-state index in [1.165, 1.54) is 0 Å². The van der Waals surface area contributed by atoms with Crippen LogP contribution in [0.2, 0.25) is 5.02 Å². The summed E-state index contributed by atoms with van der Waals surface area (Å²) in [7, 11) is 3.44. The molecule has 0 amide bonds. The van der Waals surface area contributed by atoms with Crippen LogP contribution in [-0.2, 0) is 7.05 Å². The van der Waals surface area contributed by atoms with E-state index >= 15 is 0 Å². The molecule has 1 aromatic carbocycles. The Bertz CT molecular complexity index is 622. The fourth-order valence-corrected chi connectivity index (χ4v) is 2.27. The molecular formula is C14H19ClN4O. The minimum atomic E-state index is 0.274. The van der Waals surface area contributed by atoms with E-state index in [1.54, 1.807) is 23.9 Å². The summed E-state index contributed by atoms with van der Waals surface area (Å²) < 4.78 is 6.87. The van der Waals surface area contributed by atoms with Gasteiger partial charge >= 0.3 is 0 Å². The SMILES string of the molecule is COc1ccc(Nc2c(N)c(C(C)C)nn2C)cc1Cl. The first kappa shape index (κ1) is 14.5. The van der Waals surface area contributed by atoms with Gasteiger partial charge in [-0.05, 0) is 24.1 Å². The Morgan fingerprint density at radius 3 is 2.60 bits per heavy atom. The molecule has 0 saturated heterocycles. The van der Waals surface area contributed by atoms with Gasteiger partial charge in [-0.15, -0.1) is 0 Å². The lowest BCUT2D eigenvalue weighted by Crippen LogP contribution is -2.01. The first-order valence-corrected chi connectivity index (χ1v) is 6.74. The van der Waals surface area contributed by atoms with Crippen LogP contribution in [0.5, 0.6) is 5.75 Å². The number of methoxy groups -OCH3 is 1. The predicted octanol–water partition coefficient (Wildman–Crippen LogP) is 3.53. The largest absolute Gasteiger partial charge is 0.495 e. The Balaban J connectivity index is 2.33. The topological polar surface area (TPSA) is 65.1 Å². The molecule has 0 spiro atoms. The zero-order valence-corrected chi connectivity index (χ0v) is 12.8. The van der Waals surface area contributed by atoms with Gasteiger partial charge in [-0.2, -0.15) is 5.10 Å². The second-order valence-corrected chi connectivity index (χ2v) is 5.31. The van der Waals surface area contributed by atoms with Crippen molar-refractivity contribution in [1.82, 2.24) is 9.78 Å². The number of aryl methyl sites for hydroxylation is 1. The molecule has 0 radical (unpaired) electrons. The van der Waals surface area contributed by atoms with Crippen molar-refractivity contribution in [1.29, 1.82) is 0 Å². The number of hydrogen-bond acceptors (Lipinski definition) is 4. The van der Waals surface area contributed by atoms with Gasteiger partial charge in [-0.1, -0.05) is 25.4 Å². The van der Waals surface area contributed by atoms with Crippen LogP contribution in [0.4, 0.5) is 17.2 Å². The summed E-state index contributed by atoms with van der Waals surface area (Å²) in [4.78, 5) is 0. The zero-order valence-electron chi connectivity index (χ0n) is 12.1. The third-order valence-corrected chi connectivity index (χ3v) is 3.37. The van der Waals surface area contributed by atoms with E-state index in [1.807, 2.05) is 13.1 Å². The lowest BCUT2D eigenvalue weighted by molar-refractivity contribution is 0.415. The third-order valence-electron chi connectivity index (χ3n) is 3.07. The summed E-state index contributed by atoms with van der Waals surface area (Å²) in [5.74, 6) is 1.67. The molecule has 3 N–H and O–H groups in total. The average molecular weight is 295 g/mol. The fraction of sp³-hybridized carbons (Fsp3) is 0.357. The maximum Gasteiger partial charge on any atom is 0.152 e. The van der Waals surface area contributed by atoms with Crippen molar-refractivity contribution in [3.63, 3.8) is 0 Å². The van der Waals surface area contributed by atoms with Gasteiger partial charge in [0.15, 0.2) is 5.82 Å². The van der Waals surface area contributed by atoms with E-state index in [-0.39, 0.29) is 5.92 Å². The summed E-state index contributed by atoms with van der Waals surface area (Å²) in [6.45, 7) is 4.12. The zero-order chi connectivity index (χ0) is 14.9. The van der Waals surface area contributed by atoms with Gasteiger partial charge in [0.2, 0.25) is 0 Å². The molecular weight excluding hydrogens is 276 g/mol. The highest BCUT2D eigenvalue weighted by atomic mass is 35.5. The van der Waals surface area contributed by atoms with E-state index in [4.69, 9.17) is 22.1 Å². The molecule has 1 aromatic heterocycles. The van der Waals surface area contributed by atoms with Gasteiger partial charge in [0.1, 0.15) is 5.75 Å². The number of halogens is 1. The molecule has 6 heteroatoms. The van der Waals surface area contributed by atoms with Crippen molar-refractivity contribution in [2.75, 3.05) is 18.2 Å². The molecule has 0 atom stereocenters. The Kier molecular flexibility index (Phi) is 4.09. The first-order valence-electron chi connectivity index (χ1n) is 6.37. The Hall–Kier alpha value is -1.88. The number of aromatic nitrogens is 2. The van der Waals surface area contributed by atoms with Crippen LogP contribution in [0.1, 0.15) is 25.5 Å². The van der Waals surface area contributed by atoms with Gasteiger partial charge < -0.3 is 15.8 Å². The highest BCUT2D eigenvalue weighted by molar-refractivity contribution is 6.32. The highest BCUT2D eigenvalue weighted by Crippen LogP contribution is 2.32. The Morgan fingerprint density at radius 1 is 1.40 bits per heavy atom. The molecule has 0 aliphatic rings. The standard InChI is InChI=1S/C14H19ClN4O/c1-8(2)13-12(16)14(19(3)18-13)17-9-5-6-11(20-4)10(15)7-9/h5-8,17H,16H2,1-4H3. The lowest BCUT2D eigenvalue weighted by atomic mass is 10.1. The van der Waals surface area contributed by atoms with Gasteiger partial charge in [0, 0.05) is 12.7 Å².